The molecule has 1 saturated heterocycles. The van der Waals surface area contributed by atoms with Crippen LogP contribution in [0.15, 0.2) is 65.5 Å². The maximum atomic E-state index is 10.1. The highest BCUT2D eigenvalue weighted by Crippen LogP contribution is 2.30. The Bertz CT molecular complexity index is 1170. The Morgan fingerprint density at radius 2 is 1.52 bits per heavy atom. The third-order valence-electron chi connectivity index (χ3n) is 5.23. The summed E-state index contributed by atoms with van der Waals surface area (Å²) < 4.78 is 2.80. The molecule has 4 aromatic rings. The van der Waals surface area contributed by atoms with Crippen molar-refractivity contribution in [3.05, 3.63) is 65.5 Å². The molecule has 1 aliphatic rings. The summed E-state index contributed by atoms with van der Waals surface area (Å²) in [6, 6.07) is 15.4. The molecule has 0 atom stereocenters. The number of aromatic hydroxyl groups is 1. The molecular weight excluding hydrogens is 432 g/mol. The van der Waals surface area contributed by atoms with Crippen LogP contribution in [-0.2, 0) is 0 Å². The third kappa shape index (κ3) is 3.19. The number of nitrogens with zero attached hydrogens (tertiary/aromatic N) is 6. The van der Waals surface area contributed by atoms with Gasteiger partial charge in [0.15, 0.2) is 5.65 Å². The number of phenols is 1. The van der Waals surface area contributed by atoms with Crippen LogP contribution < -0.4 is 9.80 Å². The molecule has 0 radical (unpaired) electrons. The van der Waals surface area contributed by atoms with E-state index in [1.165, 1.54) is 0 Å². The van der Waals surface area contributed by atoms with E-state index in [1.807, 2.05) is 53.3 Å². The Morgan fingerprint density at radius 3 is 2.28 bits per heavy atom. The Hall–Kier alpha value is -3.13. The monoisotopic (exact) mass is 450 g/mol. The molecule has 1 N–H and O–H groups in total. The molecule has 0 bridgehead atoms. The van der Waals surface area contributed by atoms with E-state index in [4.69, 9.17) is 0 Å². The van der Waals surface area contributed by atoms with Gasteiger partial charge < -0.3 is 14.9 Å². The molecule has 146 valence electrons. The van der Waals surface area contributed by atoms with Crippen LogP contribution in [0, 0.1) is 0 Å². The van der Waals surface area contributed by atoms with E-state index in [2.05, 4.69) is 40.8 Å². The summed E-state index contributed by atoms with van der Waals surface area (Å²) in [5.74, 6) is 1.21. The Morgan fingerprint density at radius 1 is 0.828 bits per heavy atom. The number of halogens is 1. The first-order chi connectivity index (χ1) is 14.2. The molecule has 0 amide bonds. The van der Waals surface area contributed by atoms with Crippen molar-refractivity contribution in [1.29, 1.82) is 0 Å². The maximum absolute atomic E-state index is 10.1. The summed E-state index contributed by atoms with van der Waals surface area (Å²) in [7, 11) is 0. The summed E-state index contributed by atoms with van der Waals surface area (Å²) in [6.45, 7) is 3.23. The van der Waals surface area contributed by atoms with Crippen molar-refractivity contribution in [2.24, 2.45) is 0 Å². The highest BCUT2D eigenvalue weighted by molar-refractivity contribution is 9.10. The fourth-order valence-electron chi connectivity index (χ4n) is 3.77. The van der Waals surface area contributed by atoms with Crippen molar-refractivity contribution in [3.63, 3.8) is 0 Å². The number of phenolic OH excluding ortho intramolecular Hbond substituents is 1. The zero-order chi connectivity index (χ0) is 19.8. The van der Waals surface area contributed by atoms with Crippen molar-refractivity contribution in [3.8, 4) is 11.4 Å². The Balaban J connectivity index is 1.44. The van der Waals surface area contributed by atoms with E-state index >= 15 is 0 Å². The summed E-state index contributed by atoms with van der Waals surface area (Å²) in [6.07, 6.45) is 3.43. The fraction of sp³-hybridized carbons (Fsp3) is 0.190. The number of aromatic nitrogens is 4. The van der Waals surface area contributed by atoms with Gasteiger partial charge in [-0.05, 0) is 40.2 Å². The van der Waals surface area contributed by atoms with Crippen LogP contribution in [0.25, 0.3) is 16.7 Å². The van der Waals surface area contributed by atoms with Crippen molar-refractivity contribution < 1.29 is 5.11 Å². The number of hydrogen-bond donors (Lipinski definition) is 1. The van der Waals surface area contributed by atoms with Crippen molar-refractivity contribution in [2.75, 3.05) is 36.0 Å². The Labute approximate surface area is 176 Å². The molecular formula is C21H19BrN6O. The fourth-order valence-corrected chi connectivity index (χ4v) is 4.23. The van der Waals surface area contributed by atoms with Crippen LogP contribution in [-0.4, -0.2) is 51.0 Å². The van der Waals surface area contributed by atoms with Crippen LogP contribution in [0.1, 0.15) is 0 Å². The zero-order valence-corrected chi connectivity index (χ0v) is 17.2. The van der Waals surface area contributed by atoms with E-state index < -0.39 is 0 Å². The summed E-state index contributed by atoms with van der Waals surface area (Å²) >= 11 is 3.59. The Kier molecular flexibility index (Phi) is 4.55. The van der Waals surface area contributed by atoms with Crippen molar-refractivity contribution in [1.82, 2.24) is 19.7 Å². The third-order valence-corrected chi connectivity index (χ3v) is 5.90. The molecule has 0 unspecified atom stereocenters. The lowest BCUT2D eigenvalue weighted by molar-refractivity contribution is 0.472. The minimum Gasteiger partial charge on any atom is -0.506 e. The summed E-state index contributed by atoms with van der Waals surface area (Å²) in [4.78, 5) is 13.5. The number of piperazine rings is 1. The lowest BCUT2D eigenvalue weighted by atomic mass is 10.2. The molecule has 3 heterocycles. The van der Waals surface area contributed by atoms with Gasteiger partial charge in [-0.25, -0.2) is 14.6 Å². The standard InChI is InChI=1S/C21H19BrN6O/c22-16-5-1-2-6-17(16)28-21-15(13-25-28)20(23-14-24-21)27-11-9-26(10-12-27)18-7-3-4-8-19(18)29/h1-8,13-14,29H,9-12H2. The quantitative estimate of drug-likeness (QED) is 0.513. The number of para-hydroxylation sites is 3. The van der Waals surface area contributed by atoms with Crippen LogP contribution in [0.4, 0.5) is 11.5 Å². The number of benzene rings is 2. The highest BCUT2D eigenvalue weighted by atomic mass is 79.9. The molecule has 29 heavy (non-hydrogen) atoms. The summed E-state index contributed by atoms with van der Waals surface area (Å²) in [5.41, 5.74) is 2.60. The lowest BCUT2D eigenvalue weighted by Crippen LogP contribution is -2.46. The van der Waals surface area contributed by atoms with Crippen LogP contribution >= 0.6 is 15.9 Å². The van der Waals surface area contributed by atoms with Gasteiger partial charge in [0.25, 0.3) is 0 Å². The van der Waals surface area contributed by atoms with Gasteiger partial charge in [0, 0.05) is 30.7 Å². The predicted molar refractivity (Wildman–Crippen MR) is 117 cm³/mol. The molecule has 1 aliphatic heterocycles. The topological polar surface area (TPSA) is 70.3 Å². The largest absolute Gasteiger partial charge is 0.506 e. The van der Waals surface area contributed by atoms with Gasteiger partial charge in [0.2, 0.25) is 0 Å². The van der Waals surface area contributed by atoms with E-state index in [0.29, 0.717) is 5.75 Å². The van der Waals surface area contributed by atoms with E-state index in [9.17, 15) is 5.11 Å². The van der Waals surface area contributed by atoms with Gasteiger partial charge in [-0.2, -0.15) is 5.10 Å². The molecule has 1 fully saturated rings. The highest BCUT2D eigenvalue weighted by Gasteiger charge is 2.23. The molecule has 7 nitrogen and oxygen atoms in total. The van der Waals surface area contributed by atoms with Crippen LogP contribution in [0.5, 0.6) is 5.75 Å². The number of hydrogen-bond acceptors (Lipinski definition) is 6. The van der Waals surface area contributed by atoms with Gasteiger partial charge in [0.1, 0.15) is 17.9 Å². The van der Waals surface area contributed by atoms with Crippen molar-refractivity contribution >= 4 is 38.5 Å². The molecule has 5 rings (SSSR count). The average molecular weight is 451 g/mol. The van der Waals surface area contributed by atoms with E-state index in [0.717, 1.165) is 58.9 Å². The zero-order valence-electron chi connectivity index (χ0n) is 15.6. The minimum atomic E-state index is 0.320. The number of anilines is 2. The normalized spacial score (nSPS) is 14.5. The first-order valence-electron chi connectivity index (χ1n) is 9.44. The average Bonchev–Trinajstić information content (AvgIpc) is 3.19. The molecule has 8 heteroatoms. The first-order valence-corrected chi connectivity index (χ1v) is 10.2. The lowest BCUT2D eigenvalue weighted by Gasteiger charge is -2.37. The maximum Gasteiger partial charge on any atom is 0.168 e. The van der Waals surface area contributed by atoms with E-state index in [1.54, 1.807) is 12.4 Å². The second kappa shape index (κ2) is 7.36. The minimum absolute atomic E-state index is 0.320. The SMILES string of the molecule is Oc1ccccc1N1CCN(c2ncnc3c2cnn3-c2ccccc2Br)CC1. The van der Waals surface area contributed by atoms with Crippen LogP contribution in [0.3, 0.4) is 0 Å². The van der Waals surface area contributed by atoms with Gasteiger partial charge in [0.05, 0.1) is 23.0 Å². The first kappa shape index (κ1) is 17.9. The van der Waals surface area contributed by atoms with Gasteiger partial charge in [-0.3, -0.25) is 0 Å². The molecule has 0 saturated carbocycles. The smallest absolute Gasteiger partial charge is 0.168 e. The molecule has 0 aliphatic carbocycles. The van der Waals surface area contributed by atoms with Gasteiger partial charge in [-0.15, -0.1) is 0 Å². The van der Waals surface area contributed by atoms with Gasteiger partial charge in [-0.1, -0.05) is 24.3 Å². The summed E-state index contributed by atoms with van der Waals surface area (Å²) in [5, 5.41) is 15.6. The molecule has 2 aromatic carbocycles. The van der Waals surface area contributed by atoms with Crippen molar-refractivity contribution in [2.45, 2.75) is 0 Å². The molecule has 0 spiro atoms. The second-order valence-corrected chi connectivity index (χ2v) is 7.76. The predicted octanol–water partition coefficient (Wildman–Crippen LogP) is 3.61. The van der Waals surface area contributed by atoms with Crippen LogP contribution in [0.2, 0.25) is 0 Å². The van der Waals surface area contributed by atoms with Gasteiger partial charge >= 0.3 is 0 Å². The van der Waals surface area contributed by atoms with E-state index in [-0.39, 0.29) is 0 Å². The number of fused-ring (bicyclic) bond motifs is 1. The molecule has 2 aromatic heterocycles. The second-order valence-electron chi connectivity index (χ2n) is 6.91. The number of rotatable bonds is 3.